The molecule has 0 amide bonds. The number of ether oxygens (including phenoxy) is 1. The van der Waals surface area contributed by atoms with Gasteiger partial charge in [0.2, 0.25) is 0 Å². The number of benzene rings is 1. The van der Waals surface area contributed by atoms with Gasteiger partial charge in [0.15, 0.2) is 0 Å². The summed E-state index contributed by atoms with van der Waals surface area (Å²) in [5.41, 5.74) is 6.54. The van der Waals surface area contributed by atoms with Gasteiger partial charge in [0.05, 0.1) is 12.2 Å². The van der Waals surface area contributed by atoms with Crippen molar-refractivity contribution in [3.63, 3.8) is 0 Å². The first-order valence-corrected chi connectivity index (χ1v) is 10.5. The quantitative estimate of drug-likeness (QED) is 0.676. The number of rotatable bonds is 5. The minimum Gasteiger partial charge on any atom is -0.459 e. The van der Waals surface area contributed by atoms with Gasteiger partial charge in [-0.1, -0.05) is 38.5 Å². The smallest absolute Gasteiger partial charge is 0.132 e. The maximum atomic E-state index is 6.65. The number of nitrogens with zero attached hydrogens (tertiary/aromatic N) is 2. The highest BCUT2D eigenvalue weighted by Gasteiger charge is 2.34. The Bertz CT molecular complexity index is 735. The first-order valence-electron chi connectivity index (χ1n) is 10.5. The summed E-state index contributed by atoms with van der Waals surface area (Å²) in [6.07, 6.45) is 5.91. The van der Waals surface area contributed by atoms with Gasteiger partial charge in [0.1, 0.15) is 11.5 Å². The molecule has 2 heterocycles. The Balaban J connectivity index is 2.03. The van der Waals surface area contributed by atoms with Crippen molar-refractivity contribution in [3.8, 4) is 5.75 Å². The molecule has 0 radical (unpaired) electrons. The molecule has 2 aliphatic heterocycles. The molecule has 0 saturated carbocycles. The highest BCUT2D eigenvalue weighted by atomic mass is 16.5. The lowest BCUT2D eigenvalue weighted by molar-refractivity contribution is 0.190. The van der Waals surface area contributed by atoms with Gasteiger partial charge in [-0.25, -0.2) is 0 Å². The lowest BCUT2D eigenvalue weighted by Crippen LogP contribution is -2.43. The summed E-state index contributed by atoms with van der Waals surface area (Å²) in [5.74, 6) is 2.70. The fourth-order valence-electron chi connectivity index (χ4n) is 4.78. The summed E-state index contributed by atoms with van der Waals surface area (Å²) in [5, 5.41) is 0. The molecule has 27 heavy (non-hydrogen) atoms. The molecular weight excluding hydrogens is 332 g/mol. The molecule has 1 aromatic rings. The maximum absolute atomic E-state index is 6.65. The molecular formula is C24H36N2O. The average molecular weight is 369 g/mol. The second-order valence-corrected chi connectivity index (χ2v) is 8.45. The zero-order chi connectivity index (χ0) is 19.7. The highest BCUT2D eigenvalue weighted by Crippen LogP contribution is 2.40. The van der Waals surface area contributed by atoms with Crippen LogP contribution in [0.1, 0.15) is 56.7 Å². The number of aryl methyl sites for hydroxylation is 3. The van der Waals surface area contributed by atoms with E-state index in [2.05, 4.69) is 76.7 Å². The van der Waals surface area contributed by atoms with E-state index in [1.165, 1.54) is 47.2 Å². The van der Waals surface area contributed by atoms with E-state index in [4.69, 9.17) is 4.74 Å². The minimum atomic E-state index is 0.539. The summed E-state index contributed by atoms with van der Waals surface area (Å²) >= 11 is 0. The molecule has 0 N–H and O–H groups in total. The number of hydrogen-bond donors (Lipinski definition) is 0. The van der Waals surface area contributed by atoms with E-state index >= 15 is 0 Å². The zero-order valence-corrected chi connectivity index (χ0v) is 18.2. The van der Waals surface area contributed by atoms with E-state index in [0.717, 1.165) is 24.6 Å². The summed E-state index contributed by atoms with van der Waals surface area (Å²) < 4.78 is 6.65. The van der Waals surface area contributed by atoms with Crippen molar-refractivity contribution in [2.75, 3.05) is 20.1 Å². The van der Waals surface area contributed by atoms with Crippen LogP contribution in [0, 0.1) is 26.7 Å². The Hall–Kier alpha value is -1.90. The number of likely N-dealkylation sites (tertiary alicyclic amines) is 1. The molecule has 148 valence electrons. The molecule has 2 aliphatic rings. The van der Waals surface area contributed by atoms with Crippen molar-refractivity contribution in [1.29, 1.82) is 0 Å². The zero-order valence-electron chi connectivity index (χ0n) is 18.2. The molecule has 0 aliphatic carbocycles. The van der Waals surface area contributed by atoms with Gasteiger partial charge in [-0.2, -0.15) is 0 Å². The Kier molecular flexibility index (Phi) is 5.88. The average Bonchev–Trinajstić information content (AvgIpc) is 2.60. The monoisotopic (exact) mass is 368 g/mol. The van der Waals surface area contributed by atoms with Crippen molar-refractivity contribution >= 4 is 0 Å². The number of allylic oxidation sites excluding steroid dienone is 1. The molecule has 1 fully saturated rings. The number of likely N-dealkylation sites (N-methyl/N-ethyl adjacent to an activating group) is 1. The predicted molar refractivity (Wildman–Crippen MR) is 114 cm³/mol. The SMILES string of the molecule is CCC(CC)N1CCC(C)C2=C(Oc3c(C)cc(C)cc3C)CN(C)C=C21. The van der Waals surface area contributed by atoms with Gasteiger partial charge in [-0.3, -0.25) is 0 Å². The van der Waals surface area contributed by atoms with Crippen LogP contribution in [0.15, 0.2) is 35.4 Å². The Morgan fingerprint density at radius 1 is 1.11 bits per heavy atom. The third-order valence-corrected chi connectivity index (χ3v) is 6.13. The van der Waals surface area contributed by atoms with E-state index in [-0.39, 0.29) is 0 Å². The van der Waals surface area contributed by atoms with Gasteiger partial charge in [-0.15, -0.1) is 0 Å². The second kappa shape index (κ2) is 8.00. The van der Waals surface area contributed by atoms with E-state index in [0.29, 0.717) is 12.0 Å². The van der Waals surface area contributed by atoms with E-state index < -0.39 is 0 Å². The molecule has 1 saturated heterocycles. The Morgan fingerprint density at radius 2 is 1.74 bits per heavy atom. The highest BCUT2D eigenvalue weighted by molar-refractivity contribution is 5.46. The molecule has 1 atom stereocenters. The van der Waals surface area contributed by atoms with Crippen LogP contribution < -0.4 is 4.74 Å². The minimum absolute atomic E-state index is 0.539. The predicted octanol–water partition coefficient (Wildman–Crippen LogP) is 5.56. The number of hydrogen-bond acceptors (Lipinski definition) is 3. The van der Waals surface area contributed by atoms with Crippen LogP contribution >= 0.6 is 0 Å². The first kappa shape index (κ1) is 19.9. The summed E-state index contributed by atoms with van der Waals surface area (Å²) in [6, 6.07) is 5.05. The van der Waals surface area contributed by atoms with Crippen LogP contribution in [0.25, 0.3) is 0 Å². The van der Waals surface area contributed by atoms with Gasteiger partial charge in [0, 0.05) is 31.4 Å². The standard InChI is InChI=1S/C24H36N2O/c1-8-20(9-2)26-11-10-17(4)23-21(26)14-25(7)15-22(23)27-24-18(5)12-16(3)13-19(24)6/h12-14,17,20H,8-11,15H2,1-7H3. The third kappa shape index (κ3) is 3.88. The van der Waals surface area contributed by atoms with Crippen LogP contribution in [0.4, 0.5) is 0 Å². The molecule has 0 aromatic heterocycles. The van der Waals surface area contributed by atoms with Crippen LogP contribution in [0.2, 0.25) is 0 Å². The van der Waals surface area contributed by atoms with Crippen LogP contribution in [0.3, 0.4) is 0 Å². The molecule has 3 nitrogen and oxygen atoms in total. The largest absolute Gasteiger partial charge is 0.459 e. The molecule has 0 bridgehead atoms. The summed E-state index contributed by atoms with van der Waals surface area (Å²) in [7, 11) is 2.16. The van der Waals surface area contributed by atoms with Gasteiger partial charge in [-0.05, 0) is 57.1 Å². The van der Waals surface area contributed by atoms with Crippen LogP contribution in [-0.2, 0) is 0 Å². The summed E-state index contributed by atoms with van der Waals surface area (Å²) in [4.78, 5) is 4.91. The van der Waals surface area contributed by atoms with E-state index in [1.807, 2.05) is 0 Å². The van der Waals surface area contributed by atoms with Crippen molar-refractivity contribution in [3.05, 3.63) is 52.1 Å². The number of piperidine rings is 1. The first-order chi connectivity index (χ1) is 12.8. The topological polar surface area (TPSA) is 15.7 Å². The maximum Gasteiger partial charge on any atom is 0.132 e. The second-order valence-electron chi connectivity index (χ2n) is 8.45. The molecule has 3 rings (SSSR count). The number of fused-ring (bicyclic) bond motifs is 1. The van der Waals surface area contributed by atoms with E-state index in [9.17, 15) is 0 Å². The lowest BCUT2D eigenvalue weighted by atomic mass is 9.86. The van der Waals surface area contributed by atoms with Gasteiger partial charge >= 0.3 is 0 Å². The van der Waals surface area contributed by atoms with E-state index in [1.54, 1.807) is 0 Å². The summed E-state index contributed by atoms with van der Waals surface area (Å²) in [6.45, 7) is 15.4. The van der Waals surface area contributed by atoms with Gasteiger partial charge in [0.25, 0.3) is 0 Å². The molecule has 1 unspecified atom stereocenters. The third-order valence-electron chi connectivity index (χ3n) is 6.13. The van der Waals surface area contributed by atoms with Crippen LogP contribution in [-0.4, -0.2) is 36.0 Å². The molecule has 0 spiro atoms. The fraction of sp³-hybridized carbons (Fsp3) is 0.583. The van der Waals surface area contributed by atoms with Crippen molar-refractivity contribution in [2.45, 2.75) is 66.8 Å². The Morgan fingerprint density at radius 3 is 2.33 bits per heavy atom. The lowest BCUT2D eigenvalue weighted by Gasteiger charge is -2.44. The van der Waals surface area contributed by atoms with Crippen molar-refractivity contribution in [1.82, 2.24) is 9.80 Å². The van der Waals surface area contributed by atoms with Crippen molar-refractivity contribution in [2.24, 2.45) is 5.92 Å². The molecule has 1 aromatic carbocycles. The van der Waals surface area contributed by atoms with Crippen molar-refractivity contribution < 1.29 is 4.74 Å². The van der Waals surface area contributed by atoms with Crippen LogP contribution in [0.5, 0.6) is 5.75 Å². The molecule has 3 heteroatoms. The van der Waals surface area contributed by atoms with Gasteiger partial charge < -0.3 is 14.5 Å². The normalized spacial score (nSPS) is 20.1. The Labute approximate surface area is 165 Å². The fourth-order valence-corrected chi connectivity index (χ4v) is 4.78.